The average molecular weight is 259 g/mol. The van der Waals surface area contributed by atoms with E-state index in [1.54, 1.807) is 6.92 Å². The van der Waals surface area contributed by atoms with Crippen molar-refractivity contribution in [3.8, 4) is 11.4 Å². The molecule has 100 valence electrons. The molecule has 1 unspecified atom stereocenters. The maximum Gasteiger partial charge on any atom is 0.225 e. The van der Waals surface area contributed by atoms with Crippen LogP contribution >= 0.6 is 0 Å². The Morgan fingerprint density at radius 1 is 1.53 bits per heavy atom. The Balaban J connectivity index is 2.13. The van der Waals surface area contributed by atoms with Gasteiger partial charge in [0, 0.05) is 23.7 Å². The standard InChI is InChI=1S/C13H17N5O/c1-8(14)6-12(19)16-11-5-3-4-10(7-11)13-15-9(2)17-18-13/h3-5,7-8H,6,14H2,1-2H3,(H,16,19)(H,15,17,18). The third-order valence-electron chi connectivity index (χ3n) is 2.51. The van der Waals surface area contributed by atoms with Crippen LogP contribution in [0.5, 0.6) is 0 Å². The summed E-state index contributed by atoms with van der Waals surface area (Å²) >= 11 is 0. The molecular weight excluding hydrogens is 242 g/mol. The van der Waals surface area contributed by atoms with Gasteiger partial charge in [-0.15, -0.1) is 0 Å². The number of hydrogen-bond acceptors (Lipinski definition) is 4. The number of amides is 1. The normalized spacial score (nSPS) is 12.2. The maximum absolute atomic E-state index is 11.6. The molecule has 0 saturated heterocycles. The predicted molar refractivity (Wildman–Crippen MR) is 73.5 cm³/mol. The van der Waals surface area contributed by atoms with E-state index in [-0.39, 0.29) is 11.9 Å². The minimum atomic E-state index is -0.154. The number of aromatic nitrogens is 3. The molecule has 0 bridgehead atoms. The van der Waals surface area contributed by atoms with Crippen molar-refractivity contribution in [2.45, 2.75) is 26.3 Å². The van der Waals surface area contributed by atoms with E-state index >= 15 is 0 Å². The van der Waals surface area contributed by atoms with Gasteiger partial charge >= 0.3 is 0 Å². The Bertz CT molecular complexity index is 576. The summed E-state index contributed by atoms with van der Waals surface area (Å²) in [4.78, 5) is 15.9. The van der Waals surface area contributed by atoms with Crippen molar-refractivity contribution >= 4 is 11.6 Å². The van der Waals surface area contributed by atoms with Crippen LogP contribution in [-0.4, -0.2) is 27.1 Å². The van der Waals surface area contributed by atoms with Crippen LogP contribution in [0.3, 0.4) is 0 Å². The molecule has 1 heterocycles. The first kappa shape index (κ1) is 13.2. The zero-order valence-electron chi connectivity index (χ0n) is 11.0. The second-order valence-corrected chi connectivity index (χ2v) is 4.55. The highest BCUT2D eigenvalue weighted by Crippen LogP contribution is 2.19. The third kappa shape index (κ3) is 3.62. The van der Waals surface area contributed by atoms with Crippen LogP contribution in [-0.2, 0) is 4.79 Å². The lowest BCUT2D eigenvalue weighted by molar-refractivity contribution is -0.116. The second-order valence-electron chi connectivity index (χ2n) is 4.55. The molecule has 2 aromatic rings. The second kappa shape index (κ2) is 5.62. The highest BCUT2D eigenvalue weighted by molar-refractivity contribution is 5.91. The number of carbonyl (C=O) groups is 1. The van der Waals surface area contributed by atoms with E-state index < -0.39 is 0 Å². The fraction of sp³-hybridized carbons (Fsp3) is 0.308. The zero-order valence-corrected chi connectivity index (χ0v) is 11.0. The van der Waals surface area contributed by atoms with Crippen LogP contribution in [0, 0.1) is 6.92 Å². The number of anilines is 1. The van der Waals surface area contributed by atoms with Crippen molar-refractivity contribution in [3.63, 3.8) is 0 Å². The smallest absolute Gasteiger partial charge is 0.225 e. The van der Waals surface area contributed by atoms with E-state index in [1.165, 1.54) is 0 Å². The minimum absolute atomic E-state index is 0.0988. The molecule has 4 N–H and O–H groups in total. The third-order valence-corrected chi connectivity index (χ3v) is 2.51. The van der Waals surface area contributed by atoms with Crippen molar-refractivity contribution in [1.29, 1.82) is 0 Å². The highest BCUT2D eigenvalue weighted by atomic mass is 16.1. The van der Waals surface area contributed by atoms with Crippen LogP contribution in [0.4, 0.5) is 5.69 Å². The molecule has 0 fully saturated rings. The fourth-order valence-electron chi connectivity index (χ4n) is 1.71. The Morgan fingerprint density at radius 2 is 2.32 bits per heavy atom. The molecule has 19 heavy (non-hydrogen) atoms. The van der Waals surface area contributed by atoms with Gasteiger partial charge in [0.2, 0.25) is 5.91 Å². The van der Waals surface area contributed by atoms with Crippen LogP contribution in [0.1, 0.15) is 19.2 Å². The summed E-state index contributed by atoms with van der Waals surface area (Å²) in [5.74, 6) is 1.26. The number of carbonyl (C=O) groups excluding carboxylic acids is 1. The number of H-pyrrole nitrogens is 1. The number of nitrogens with zero attached hydrogens (tertiary/aromatic N) is 2. The molecule has 1 atom stereocenters. The van der Waals surface area contributed by atoms with Crippen molar-refractivity contribution in [3.05, 3.63) is 30.1 Å². The molecule has 6 nitrogen and oxygen atoms in total. The molecule has 1 aromatic carbocycles. The largest absolute Gasteiger partial charge is 0.327 e. The lowest BCUT2D eigenvalue weighted by Crippen LogP contribution is -2.23. The van der Waals surface area contributed by atoms with Gasteiger partial charge in [-0.05, 0) is 26.0 Å². The topological polar surface area (TPSA) is 96.7 Å². The average Bonchev–Trinajstić information content (AvgIpc) is 2.75. The van der Waals surface area contributed by atoms with Gasteiger partial charge < -0.3 is 11.1 Å². The number of nitrogens with two attached hydrogens (primary N) is 1. The molecule has 2 rings (SSSR count). The van der Waals surface area contributed by atoms with Gasteiger partial charge in [-0.2, -0.15) is 5.10 Å². The Hall–Kier alpha value is -2.21. The number of aryl methyl sites for hydroxylation is 1. The van der Waals surface area contributed by atoms with Gasteiger partial charge in [0.25, 0.3) is 0 Å². The van der Waals surface area contributed by atoms with E-state index in [0.29, 0.717) is 17.9 Å². The molecule has 0 radical (unpaired) electrons. The maximum atomic E-state index is 11.6. The van der Waals surface area contributed by atoms with Gasteiger partial charge in [0.15, 0.2) is 5.82 Å². The quantitative estimate of drug-likeness (QED) is 0.774. The summed E-state index contributed by atoms with van der Waals surface area (Å²) in [5.41, 5.74) is 7.15. The highest BCUT2D eigenvalue weighted by Gasteiger charge is 2.08. The Labute approximate surface area is 111 Å². The first-order chi connectivity index (χ1) is 9.04. The van der Waals surface area contributed by atoms with E-state index in [9.17, 15) is 4.79 Å². The summed E-state index contributed by atoms with van der Waals surface area (Å²) < 4.78 is 0. The van der Waals surface area contributed by atoms with Gasteiger partial charge in [-0.25, -0.2) is 4.98 Å². The van der Waals surface area contributed by atoms with Crippen LogP contribution in [0.15, 0.2) is 24.3 Å². The number of aromatic amines is 1. The number of hydrogen-bond donors (Lipinski definition) is 3. The first-order valence-corrected chi connectivity index (χ1v) is 6.09. The van der Waals surface area contributed by atoms with E-state index in [2.05, 4.69) is 20.5 Å². The zero-order chi connectivity index (χ0) is 13.8. The predicted octanol–water partition coefficient (Wildman–Crippen LogP) is 1.46. The molecule has 1 aromatic heterocycles. The molecule has 0 saturated carbocycles. The van der Waals surface area contributed by atoms with Gasteiger partial charge in [0.1, 0.15) is 5.82 Å². The molecular formula is C13H17N5O. The van der Waals surface area contributed by atoms with E-state index in [4.69, 9.17) is 5.73 Å². The lowest BCUT2D eigenvalue weighted by Gasteiger charge is -2.07. The summed E-state index contributed by atoms with van der Waals surface area (Å²) in [6, 6.07) is 7.25. The Morgan fingerprint density at radius 3 is 2.95 bits per heavy atom. The van der Waals surface area contributed by atoms with Crippen LogP contribution in [0.2, 0.25) is 0 Å². The van der Waals surface area contributed by atoms with Gasteiger partial charge in [-0.1, -0.05) is 12.1 Å². The number of rotatable bonds is 4. The summed E-state index contributed by atoms with van der Waals surface area (Å²) in [5, 5.41) is 9.68. The molecule has 1 amide bonds. The van der Waals surface area contributed by atoms with Crippen LogP contribution in [0.25, 0.3) is 11.4 Å². The van der Waals surface area contributed by atoms with Crippen molar-refractivity contribution in [1.82, 2.24) is 15.2 Å². The van der Waals surface area contributed by atoms with Crippen molar-refractivity contribution in [2.75, 3.05) is 5.32 Å². The molecule has 6 heteroatoms. The number of nitrogens with one attached hydrogen (secondary N) is 2. The van der Waals surface area contributed by atoms with Crippen molar-refractivity contribution < 1.29 is 4.79 Å². The first-order valence-electron chi connectivity index (χ1n) is 6.09. The molecule has 0 aliphatic rings. The van der Waals surface area contributed by atoms with Gasteiger partial charge in [0.05, 0.1) is 0 Å². The van der Waals surface area contributed by atoms with Gasteiger partial charge in [-0.3, -0.25) is 9.89 Å². The van der Waals surface area contributed by atoms with Crippen molar-refractivity contribution in [2.24, 2.45) is 5.73 Å². The lowest BCUT2D eigenvalue weighted by atomic mass is 10.2. The summed E-state index contributed by atoms with van der Waals surface area (Å²) in [6.45, 7) is 3.64. The molecule has 0 spiro atoms. The number of benzene rings is 1. The molecule has 0 aliphatic carbocycles. The van der Waals surface area contributed by atoms with E-state index in [0.717, 1.165) is 11.4 Å². The summed E-state index contributed by atoms with van der Waals surface area (Å²) in [6.07, 6.45) is 0.296. The minimum Gasteiger partial charge on any atom is -0.327 e. The van der Waals surface area contributed by atoms with E-state index in [1.807, 2.05) is 31.2 Å². The summed E-state index contributed by atoms with van der Waals surface area (Å²) in [7, 11) is 0. The Kier molecular flexibility index (Phi) is 3.91. The molecule has 0 aliphatic heterocycles. The fourth-order valence-corrected chi connectivity index (χ4v) is 1.71. The van der Waals surface area contributed by atoms with Crippen LogP contribution < -0.4 is 11.1 Å². The monoisotopic (exact) mass is 259 g/mol. The SMILES string of the molecule is Cc1nc(-c2cccc(NC(=O)CC(C)N)c2)n[nH]1.